The van der Waals surface area contributed by atoms with Gasteiger partial charge in [-0.3, -0.25) is 0 Å². The maximum Gasteiger partial charge on any atom is 0.326 e. The summed E-state index contributed by atoms with van der Waals surface area (Å²) < 4.78 is 22.6. The van der Waals surface area contributed by atoms with Crippen LogP contribution in [0.1, 0.15) is 33.1 Å². The van der Waals surface area contributed by atoms with Crippen LogP contribution in [-0.4, -0.2) is 72.5 Å². The topological polar surface area (TPSA) is 95.0 Å². The van der Waals surface area contributed by atoms with Gasteiger partial charge in [0.15, 0.2) is 9.84 Å². The highest BCUT2D eigenvalue weighted by Gasteiger charge is 2.36. The summed E-state index contributed by atoms with van der Waals surface area (Å²) in [6.45, 7) is 4.74. The number of carbonyl (C=O) groups is 2. The number of hydrogen-bond acceptors (Lipinski definition) is 4. The van der Waals surface area contributed by atoms with Crippen molar-refractivity contribution in [3.05, 3.63) is 0 Å². The molecule has 2 aliphatic rings. The highest BCUT2D eigenvalue weighted by molar-refractivity contribution is 7.91. The number of aliphatic carboxylic acids is 1. The maximum absolute atomic E-state index is 12.3. The first kappa shape index (κ1) is 17.7. The summed E-state index contributed by atoms with van der Waals surface area (Å²) in [6.07, 6.45) is 2.06. The third-order valence-electron chi connectivity index (χ3n) is 3.65. The van der Waals surface area contributed by atoms with Gasteiger partial charge in [0.25, 0.3) is 0 Å². The van der Waals surface area contributed by atoms with Gasteiger partial charge in [-0.05, 0) is 19.3 Å². The fourth-order valence-corrected chi connectivity index (χ4v) is 3.70. The molecule has 2 amide bonds. The first-order valence-corrected chi connectivity index (χ1v) is 9.21. The van der Waals surface area contributed by atoms with E-state index in [1.54, 1.807) is 0 Å². The molecule has 2 saturated heterocycles. The second kappa shape index (κ2) is 7.63. The van der Waals surface area contributed by atoms with Crippen LogP contribution in [0.4, 0.5) is 4.79 Å². The molecule has 8 heteroatoms. The van der Waals surface area contributed by atoms with Gasteiger partial charge in [0, 0.05) is 19.6 Å². The normalized spacial score (nSPS) is 24.8. The lowest BCUT2D eigenvalue weighted by Crippen LogP contribution is -2.55. The fourth-order valence-electron chi connectivity index (χ4n) is 2.50. The van der Waals surface area contributed by atoms with E-state index in [-0.39, 0.29) is 30.6 Å². The van der Waals surface area contributed by atoms with Gasteiger partial charge in [0.2, 0.25) is 0 Å². The van der Waals surface area contributed by atoms with E-state index in [4.69, 9.17) is 5.11 Å². The Hall–Kier alpha value is -1.31. The lowest BCUT2D eigenvalue weighted by molar-refractivity contribution is -0.143. The number of likely N-dealkylation sites (tertiary alicyclic amines) is 1. The second-order valence-electron chi connectivity index (χ2n) is 4.96. The molecule has 0 bridgehead atoms. The molecule has 2 rings (SSSR count). The van der Waals surface area contributed by atoms with Crippen molar-refractivity contribution in [2.75, 3.05) is 31.1 Å². The zero-order valence-corrected chi connectivity index (χ0v) is 13.4. The first-order valence-electron chi connectivity index (χ1n) is 7.39. The molecule has 2 heterocycles. The van der Waals surface area contributed by atoms with E-state index in [1.807, 2.05) is 13.8 Å². The van der Waals surface area contributed by atoms with Gasteiger partial charge in [-0.1, -0.05) is 13.8 Å². The molecule has 2 aliphatic heterocycles. The third kappa shape index (κ3) is 4.59. The van der Waals surface area contributed by atoms with Crippen molar-refractivity contribution in [1.29, 1.82) is 0 Å². The van der Waals surface area contributed by atoms with Crippen LogP contribution >= 0.6 is 0 Å². The molecule has 0 aromatic heterocycles. The Morgan fingerprint density at radius 3 is 2.14 bits per heavy atom. The van der Waals surface area contributed by atoms with Gasteiger partial charge >= 0.3 is 12.0 Å². The number of urea groups is 1. The molecule has 0 aromatic carbocycles. The first-order chi connectivity index (χ1) is 9.91. The van der Waals surface area contributed by atoms with E-state index in [1.165, 1.54) is 9.80 Å². The molecule has 0 aliphatic carbocycles. The molecule has 0 saturated carbocycles. The lowest BCUT2D eigenvalue weighted by atomic mass is 10.0. The largest absolute Gasteiger partial charge is 0.480 e. The van der Waals surface area contributed by atoms with Gasteiger partial charge < -0.3 is 14.9 Å². The zero-order chi connectivity index (χ0) is 16.0. The summed E-state index contributed by atoms with van der Waals surface area (Å²) in [4.78, 5) is 26.2. The number of nitrogens with zero attached hydrogens (tertiary/aromatic N) is 2. The number of carboxylic acids is 1. The van der Waals surface area contributed by atoms with Crippen LogP contribution in [0.2, 0.25) is 0 Å². The number of amides is 2. The summed E-state index contributed by atoms with van der Waals surface area (Å²) in [5.41, 5.74) is 0. The van der Waals surface area contributed by atoms with E-state index < -0.39 is 21.8 Å². The number of carboxylic acid groups (broad SMARTS) is 1. The number of sulfone groups is 1. The van der Waals surface area contributed by atoms with Crippen molar-refractivity contribution >= 4 is 21.8 Å². The third-order valence-corrected chi connectivity index (χ3v) is 5.26. The van der Waals surface area contributed by atoms with E-state index in [0.717, 1.165) is 12.8 Å². The van der Waals surface area contributed by atoms with Crippen LogP contribution < -0.4 is 0 Å². The van der Waals surface area contributed by atoms with Gasteiger partial charge in [-0.2, -0.15) is 0 Å². The highest BCUT2D eigenvalue weighted by atomic mass is 32.2. The molecule has 2 fully saturated rings. The summed E-state index contributed by atoms with van der Waals surface area (Å²) in [6, 6.07) is -1.12. The average Bonchev–Trinajstić information content (AvgIpc) is 2.48. The van der Waals surface area contributed by atoms with Crippen molar-refractivity contribution in [1.82, 2.24) is 9.80 Å². The minimum Gasteiger partial charge on any atom is -0.480 e. The van der Waals surface area contributed by atoms with Gasteiger partial charge in [0.05, 0.1) is 11.5 Å². The standard InChI is InChI=1S/C11H18N2O5S.C2H6/c14-10(15)9-3-1-2-4-13(9)11(16)12-5-7-19(17,18)8-6-12;1-2/h9H,1-8H2,(H,14,15);1-2H3. The summed E-state index contributed by atoms with van der Waals surface area (Å²) in [5, 5.41) is 9.13. The molecule has 1 atom stereocenters. The van der Waals surface area contributed by atoms with Gasteiger partial charge in [-0.15, -0.1) is 0 Å². The number of carbonyl (C=O) groups excluding carboxylic acids is 1. The molecule has 21 heavy (non-hydrogen) atoms. The van der Waals surface area contributed by atoms with Crippen LogP contribution in [0.25, 0.3) is 0 Å². The van der Waals surface area contributed by atoms with E-state index in [0.29, 0.717) is 13.0 Å². The van der Waals surface area contributed by atoms with Gasteiger partial charge in [0.1, 0.15) is 6.04 Å². The Balaban J connectivity index is 0.00000106. The average molecular weight is 320 g/mol. The summed E-state index contributed by atoms with van der Waals surface area (Å²) >= 11 is 0. The molecule has 0 aromatic rings. The van der Waals surface area contributed by atoms with Crippen molar-refractivity contribution in [3.8, 4) is 0 Å². The van der Waals surface area contributed by atoms with Crippen molar-refractivity contribution in [3.63, 3.8) is 0 Å². The summed E-state index contributed by atoms with van der Waals surface area (Å²) in [5.74, 6) is -1.06. The minimum atomic E-state index is -3.04. The van der Waals surface area contributed by atoms with Crippen LogP contribution in [0.5, 0.6) is 0 Å². The Bertz CT molecular complexity index is 463. The van der Waals surface area contributed by atoms with Crippen LogP contribution in [0, 0.1) is 0 Å². The number of rotatable bonds is 1. The Labute approximate surface area is 125 Å². The zero-order valence-electron chi connectivity index (χ0n) is 12.6. The molecular weight excluding hydrogens is 296 g/mol. The van der Waals surface area contributed by atoms with Crippen LogP contribution in [0.3, 0.4) is 0 Å². The smallest absolute Gasteiger partial charge is 0.326 e. The number of piperidine rings is 1. The molecule has 0 radical (unpaired) electrons. The van der Waals surface area contributed by atoms with E-state index in [9.17, 15) is 18.0 Å². The Morgan fingerprint density at radius 2 is 1.62 bits per heavy atom. The molecule has 1 unspecified atom stereocenters. The molecule has 1 N–H and O–H groups in total. The van der Waals surface area contributed by atoms with Crippen LogP contribution in [-0.2, 0) is 14.6 Å². The predicted molar refractivity (Wildman–Crippen MR) is 79.0 cm³/mol. The quantitative estimate of drug-likeness (QED) is 0.771. The number of hydrogen-bond donors (Lipinski definition) is 1. The lowest BCUT2D eigenvalue weighted by Gasteiger charge is -2.38. The molecule has 0 spiro atoms. The highest BCUT2D eigenvalue weighted by Crippen LogP contribution is 2.19. The van der Waals surface area contributed by atoms with E-state index >= 15 is 0 Å². The van der Waals surface area contributed by atoms with E-state index in [2.05, 4.69) is 0 Å². The van der Waals surface area contributed by atoms with Gasteiger partial charge in [-0.25, -0.2) is 18.0 Å². The minimum absolute atomic E-state index is 0.0374. The summed E-state index contributed by atoms with van der Waals surface area (Å²) in [7, 11) is -3.04. The molecule has 7 nitrogen and oxygen atoms in total. The molecule has 122 valence electrons. The monoisotopic (exact) mass is 320 g/mol. The molecular formula is C13H24N2O5S. The SMILES string of the molecule is CC.O=C(O)C1CCCCN1C(=O)N1CCS(=O)(=O)CC1. The predicted octanol–water partition coefficient (Wildman–Crippen LogP) is 0.802. The maximum atomic E-state index is 12.3. The van der Waals surface area contributed by atoms with Crippen molar-refractivity contribution < 1.29 is 23.1 Å². The van der Waals surface area contributed by atoms with Crippen molar-refractivity contribution in [2.45, 2.75) is 39.2 Å². The fraction of sp³-hybridized carbons (Fsp3) is 0.846. The Kier molecular flexibility index (Phi) is 6.44. The van der Waals surface area contributed by atoms with Crippen molar-refractivity contribution in [2.24, 2.45) is 0 Å². The van der Waals surface area contributed by atoms with Crippen LogP contribution in [0.15, 0.2) is 0 Å². The Morgan fingerprint density at radius 1 is 1.05 bits per heavy atom. The second-order valence-corrected chi connectivity index (χ2v) is 7.27.